The van der Waals surface area contributed by atoms with E-state index in [4.69, 9.17) is 18.7 Å². The molecular weight excluding hydrogens is 379 g/mol. The molecule has 0 amide bonds. The molecule has 0 unspecified atom stereocenters. The number of phosphoric acid groups is 1. The monoisotopic (exact) mass is 398 g/mol. The van der Waals surface area contributed by atoms with Gasteiger partial charge in [-0.15, -0.1) is 0 Å². The molecule has 3 aromatic rings. The van der Waals surface area contributed by atoms with Crippen molar-refractivity contribution in [2.75, 3.05) is 0 Å². The summed E-state index contributed by atoms with van der Waals surface area (Å²) < 4.78 is 29.7. The highest BCUT2D eigenvalue weighted by Crippen LogP contribution is 2.51. The van der Waals surface area contributed by atoms with Crippen LogP contribution in [0.2, 0.25) is 0 Å². The smallest absolute Gasteiger partial charge is 0.478 e. The second-order valence-electron chi connectivity index (χ2n) is 5.89. The Bertz CT molecular complexity index is 911. The van der Waals surface area contributed by atoms with Gasteiger partial charge in [-0.2, -0.15) is 0 Å². The fourth-order valence-corrected chi connectivity index (χ4v) is 3.53. The quantitative estimate of drug-likeness (QED) is 0.492. The van der Waals surface area contributed by atoms with Gasteiger partial charge in [0.25, 0.3) is 0 Å². The van der Waals surface area contributed by atoms with Crippen LogP contribution in [0.25, 0.3) is 0 Å². The van der Waals surface area contributed by atoms with Gasteiger partial charge in [0.15, 0.2) is 0 Å². The SMILES string of the molecule is O=C(O)c1cccc(OP(=O)(OCc2ccccc2)OCc2ccccc2)c1. The van der Waals surface area contributed by atoms with Crippen molar-refractivity contribution in [1.82, 2.24) is 0 Å². The molecule has 0 aliphatic rings. The summed E-state index contributed by atoms with van der Waals surface area (Å²) in [6.45, 7) is 0.0387. The highest BCUT2D eigenvalue weighted by atomic mass is 31.2. The third-order valence-corrected chi connectivity index (χ3v) is 5.09. The molecule has 6 nitrogen and oxygen atoms in total. The van der Waals surface area contributed by atoms with Crippen LogP contribution >= 0.6 is 7.82 Å². The number of benzene rings is 3. The fourth-order valence-electron chi connectivity index (χ4n) is 2.36. The van der Waals surface area contributed by atoms with E-state index >= 15 is 0 Å². The first-order valence-electron chi connectivity index (χ1n) is 8.54. The zero-order chi connectivity index (χ0) is 19.8. The van der Waals surface area contributed by atoms with E-state index in [0.717, 1.165) is 11.1 Å². The normalized spacial score (nSPS) is 11.1. The van der Waals surface area contributed by atoms with E-state index in [1.165, 1.54) is 24.3 Å². The summed E-state index contributed by atoms with van der Waals surface area (Å²) in [5, 5.41) is 9.12. The van der Waals surface area contributed by atoms with Crippen molar-refractivity contribution in [3.05, 3.63) is 102 Å². The summed E-state index contributed by atoms with van der Waals surface area (Å²) >= 11 is 0. The highest BCUT2D eigenvalue weighted by molar-refractivity contribution is 7.48. The lowest BCUT2D eigenvalue weighted by Gasteiger charge is -2.19. The van der Waals surface area contributed by atoms with Crippen molar-refractivity contribution >= 4 is 13.8 Å². The minimum Gasteiger partial charge on any atom is -0.478 e. The van der Waals surface area contributed by atoms with Crippen LogP contribution in [0, 0.1) is 0 Å². The van der Waals surface area contributed by atoms with Crippen molar-refractivity contribution in [2.24, 2.45) is 0 Å². The molecule has 0 aromatic heterocycles. The molecule has 0 radical (unpaired) electrons. The van der Waals surface area contributed by atoms with Crippen LogP contribution in [0.1, 0.15) is 21.5 Å². The maximum atomic E-state index is 13.2. The van der Waals surface area contributed by atoms with Gasteiger partial charge >= 0.3 is 13.8 Å². The average molecular weight is 398 g/mol. The number of rotatable bonds is 9. The van der Waals surface area contributed by atoms with E-state index in [9.17, 15) is 9.36 Å². The molecule has 28 heavy (non-hydrogen) atoms. The molecule has 0 aliphatic carbocycles. The Balaban J connectivity index is 1.77. The minimum absolute atomic E-state index is 0.00942. The number of carboxylic acids is 1. The van der Waals surface area contributed by atoms with E-state index in [1.54, 1.807) is 0 Å². The summed E-state index contributed by atoms with van der Waals surface area (Å²) in [6, 6.07) is 24.1. The van der Waals surface area contributed by atoms with Gasteiger partial charge < -0.3 is 9.63 Å². The molecule has 0 fully saturated rings. The zero-order valence-corrected chi connectivity index (χ0v) is 15.8. The third-order valence-electron chi connectivity index (χ3n) is 3.76. The van der Waals surface area contributed by atoms with Gasteiger partial charge in [0, 0.05) is 0 Å². The summed E-state index contributed by atoms with van der Waals surface area (Å²) in [5.74, 6) is -1.03. The third kappa shape index (κ3) is 5.79. The Morgan fingerprint density at radius 3 is 1.82 bits per heavy atom. The van der Waals surface area contributed by atoms with Gasteiger partial charge in [0.1, 0.15) is 5.75 Å². The molecule has 1 N–H and O–H groups in total. The van der Waals surface area contributed by atoms with Crippen LogP contribution in [-0.2, 0) is 26.8 Å². The van der Waals surface area contributed by atoms with Crippen LogP contribution in [0.4, 0.5) is 0 Å². The van der Waals surface area contributed by atoms with Crippen LogP contribution in [0.3, 0.4) is 0 Å². The second-order valence-corrected chi connectivity index (χ2v) is 7.48. The first-order valence-corrected chi connectivity index (χ1v) is 10.00. The van der Waals surface area contributed by atoms with Crippen LogP contribution < -0.4 is 4.52 Å². The van der Waals surface area contributed by atoms with Gasteiger partial charge in [0.05, 0.1) is 18.8 Å². The summed E-state index contributed by atoms with van der Waals surface area (Å²) in [7, 11) is -4.02. The molecular formula is C21H19O6P. The molecule has 3 rings (SSSR count). The van der Waals surface area contributed by atoms with Crippen molar-refractivity contribution in [3.8, 4) is 5.75 Å². The Morgan fingerprint density at radius 1 is 0.786 bits per heavy atom. The van der Waals surface area contributed by atoms with Crippen molar-refractivity contribution in [3.63, 3.8) is 0 Å². The van der Waals surface area contributed by atoms with Crippen LogP contribution in [-0.4, -0.2) is 11.1 Å². The zero-order valence-electron chi connectivity index (χ0n) is 14.9. The number of hydrogen-bond donors (Lipinski definition) is 1. The molecule has 0 bridgehead atoms. The van der Waals surface area contributed by atoms with Gasteiger partial charge in [-0.25, -0.2) is 9.36 Å². The number of hydrogen-bond acceptors (Lipinski definition) is 5. The topological polar surface area (TPSA) is 82.1 Å². The molecule has 0 atom stereocenters. The maximum Gasteiger partial charge on any atom is 0.530 e. The molecule has 0 heterocycles. The minimum atomic E-state index is -4.02. The lowest BCUT2D eigenvalue weighted by atomic mass is 10.2. The first kappa shape index (κ1) is 19.8. The lowest BCUT2D eigenvalue weighted by molar-refractivity contribution is 0.0696. The lowest BCUT2D eigenvalue weighted by Crippen LogP contribution is -2.04. The van der Waals surface area contributed by atoms with Crippen LogP contribution in [0.5, 0.6) is 5.75 Å². The molecule has 0 spiro atoms. The molecule has 0 aliphatic heterocycles. The first-order chi connectivity index (χ1) is 13.5. The second kappa shape index (κ2) is 9.33. The number of phosphoric ester groups is 1. The van der Waals surface area contributed by atoms with E-state index in [0.29, 0.717) is 0 Å². The van der Waals surface area contributed by atoms with E-state index in [1.807, 2.05) is 60.7 Å². The standard InChI is InChI=1S/C21H19O6P/c22-21(23)19-12-7-13-20(14-19)27-28(24,25-15-17-8-3-1-4-9-17)26-16-18-10-5-2-6-11-18/h1-14H,15-16H2,(H,22,23). The number of carboxylic acid groups (broad SMARTS) is 1. The molecule has 144 valence electrons. The van der Waals surface area contributed by atoms with Crippen molar-refractivity contribution in [1.29, 1.82) is 0 Å². The van der Waals surface area contributed by atoms with E-state index in [2.05, 4.69) is 0 Å². The van der Waals surface area contributed by atoms with E-state index < -0.39 is 13.8 Å². The maximum absolute atomic E-state index is 13.2. The Labute approximate surface area is 162 Å². The number of aromatic carboxylic acids is 1. The molecule has 0 saturated carbocycles. The van der Waals surface area contributed by atoms with Gasteiger partial charge in [0.2, 0.25) is 0 Å². The Hall–Kier alpha value is -2.92. The summed E-state index contributed by atoms with van der Waals surface area (Å²) in [6.07, 6.45) is 0. The molecule has 3 aromatic carbocycles. The summed E-state index contributed by atoms with van der Waals surface area (Å²) in [4.78, 5) is 11.2. The van der Waals surface area contributed by atoms with Crippen LogP contribution in [0.15, 0.2) is 84.9 Å². The average Bonchev–Trinajstić information content (AvgIpc) is 2.73. The Kier molecular flexibility index (Phi) is 6.61. The molecule has 0 saturated heterocycles. The number of carbonyl (C=O) groups is 1. The molecule has 7 heteroatoms. The van der Waals surface area contributed by atoms with Gasteiger partial charge in [-0.1, -0.05) is 66.7 Å². The fraction of sp³-hybridized carbons (Fsp3) is 0.0952. The highest BCUT2D eigenvalue weighted by Gasteiger charge is 2.29. The van der Waals surface area contributed by atoms with E-state index in [-0.39, 0.29) is 24.5 Å². The Morgan fingerprint density at radius 2 is 1.32 bits per heavy atom. The predicted octanol–water partition coefficient (Wildman–Crippen LogP) is 5.31. The van der Waals surface area contributed by atoms with Gasteiger partial charge in [-0.05, 0) is 29.3 Å². The van der Waals surface area contributed by atoms with Crippen molar-refractivity contribution in [2.45, 2.75) is 13.2 Å². The largest absolute Gasteiger partial charge is 0.530 e. The van der Waals surface area contributed by atoms with Gasteiger partial charge in [-0.3, -0.25) is 9.05 Å². The van der Waals surface area contributed by atoms with Crippen molar-refractivity contribution < 1.29 is 28.0 Å². The predicted molar refractivity (Wildman–Crippen MR) is 104 cm³/mol. The summed E-state index contributed by atoms with van der Waals surface area (Å²) in [5.41, 5.74) is 1.61.